The van der Waals surface area contributed by atoms with E-state index in [2.05, 4.69) is 6.07 Å². The number of nitrogens with two attached hydrogens (primary N) is 1. The van der Waals surface area contributed by atoms with Gasteiger partial charge in [0.25, 0.3) is 0 Å². The van der Waals surface area contributed by atoms with E-state index in [-0.39, 0.29) is 17.2 Å². The molecule has 6 heteroatoms. The van der Waals surface area contributed by atoms with Gasteiger partial charge in [0.05, 0.1) is 13.0 Å². The van der Waals surface area contributed by atoms with E-state index >= 15 is 0 Å². The molecule has 1 aliphatic rings. The Morgan fingerprint density at radius 3 is 2.77 bits per heavy atom. The van der Waals surface area contributed by atoms with Crippen molar-refractivity contribution in [3.63, 3.8) is 0 Å². The molecule has 0 aliphatic carbocycles. The molecule has 2 heterocycles. The standard InChI is InChI=1S/C20H14N2O4/c1-24-12-6-4-5-11(9-12)16-14(10-21)19(22)26-18-17(16)13-7-2-3-8-15(13)25-20(18)23/h2-9,16H,22H2,1H3. The van der Waals surface area contributed by atoms with Crippen molar-refractivity contribution in [2.45, 2.75) is 5.92 Å². The number of fused-ring (bicyclic) bond motifs is 3. The lowest BCUT2D eigenvalue weighted by Crippen LogP contribution is -2.25. The number of hydrogen-bond donors (Lipinski definition) is 1. The van der Waals surface area contributed by atoms with Crippen molar-refractivity contribution in [1.29, 1.82) is 5.26 Å². The van der Waals surface area contributed by atoms with Crippen molar-refractivity contribution in [2.24, 2.45) is 5.73 Å². The van der Waals surface area contributed by atoms with Crippen LogP contribution in [0.15, 0.2) is 69.2 Å². The topological polar surface area (TPSA) is 98.5 Å². The van der Waals surface area contributed by atoms with Crippen LogP contribution < -0.4 is 20.8 Å². The maximum Gasteiger partial charge on any atom is 0.380 e. The molecule has 0 radical (unpaired) electrons. The van der Waals surface area contributed by atoms with Crippen LogP contribution in [0.5, 0.6) is 11.5 Å². The Kier molecular flexibility index (Phi) is 3.63. The van der Waals surface area contributed by atoms with Gasteiger partial charge in [-0.2, -0.15) is 5.26 Å². The second kappa shape index (κ2) is 5.97. The second-order valence-corrected chi connectivity index (χ2v) is 5.83. The Hall–Kier alpha value is -3.72. The van der Waals surface area contributed by atoms with Crippen LogP contribution in [0, 0.1) is 11.3 Å². The van der Waals surface area contributed by atoms with E-state index < -0.39 is 11.5 Å². The van der Waals surface area contributed by atoms with E-state index in [0.717, 1.165) is 5.56 Å². The van der Waals surface area contributed by atoms with E-state index in [4.69, 9.17) is 19.6 Å². The zero-order valence-electron chi connectivity index (χ0n) is 13.9. The first-order valence-electron chi connectivity index (χ1n) is 7.91. The molecule has 0 spiro atoms. The number of methoxy groups -OCH3 is 1. The van der Waals surface area contributed by atoms with Crippen molar-refractivity contribution in [2.75, 3.05) is 7.11 Å². The molecule has 0 saturated heterocycles. The lowest BCUT2D eigenvalue weighted by Gasteiger charge is -2.26. The summed E-state index contributed by atoms with van der Waals surface area (Å²) in [7, 11) is 1.57. The van der Waals surface area contributed by atoms with Gasteiger partial charge >= 0.3 is 5.63 Å². The lowest BCUT2D eigenvalue weighted by molar-refractivity contribution is 0.367. The first kappa shape index (κ1) is 15.8. The summed E-state index contributed by atoms with van der Waals surface area (Å²) in [5.41, 5.74) is 7.30. The van der Waals surface area contributed by atoms with Crippen LogP contribution in [-0.2, 0) is 0 Å². The van der Waals surface area contributed by atoms with E-state index in [9.17, 15) is 10.1 Å². The van der Waals surface area contributed by atoms with Gasteiger partial charge in [-0.25, -0.2) is 4.79 Å². The first-order valence-corrected chi connectivity index (χ1v) is 7.91. The molecule has 6 nitrogen and oxygen atoms in total. The predicted molar refractivity (Wildman–Crippen MR) is 94.8 cm³/mol. The second-order valence-electron chi connectivity index (χ2n) is 5.83. The summed E-state index contributed by atoms with van der Waals surface area (Å²) in [6, 6.07) is 16.6. The maximum absolute atomic E-state index is 12.4. The van der Waals surface area contributed by atoms with Crippen LogP contribution in [0.4, 0.5) is 0 Å². The summed E-state index contributed by atoms with van der Waals surface area (Å²) in [5, 5.41) is 10.4. The molecule has 1 aliphatic heterocycles. The number of ether oxygens (including phenoxy) is 2. The lowest BCUT2D eigenvalue weighted by atomic mass is 9.82. The fourth-order valence-corrected chi connectivity index (χ4v) is 3.27. The minimum Gasteiger partial charge on any atom is -0.497 e. The molecule has 1 aromatic heterocycles. The highest BCUT2D eigenvalue weighted by molar-refractivity contribution is 5.85. The number of nitriles is 1. The number of hydrogen-bond acceptors (Lipinski definition) is 6. The Morgan fingerprint density at radius 1 is 1.19 bits per heavy atom. The fraction of sp³-hybridized carbons (Fsp3) is 0.100. The number of benzene rings is 2. The summed E-state index contributed by atoms with van der Waals surface area (Å²) >= 11 is 0. The molecule has 0 fully saturated rings. The van der Waals surface area contributed by atoms with Gasteiger partial charge < -0.3 is 19.6 Å². The summed E-state index contributed by atoms with van der Waals surface area (Å²) < 4.78 is 16.1. The highest BCUT2D eigenvalue weighted by Gasteiger charge is 2.35. The van der Waals surface area contributed by atoms with Crippen molar-refractivity contribution in [3.8, 4) is 17.6 Å². The van der Waals surface area contributed by atoms with Crippen LogP contribution in [0.3, 0.4) is 0 Å². The highest BCUT2D eigenvalue weighted by Crippen LogP contribution is 2.44. The zero-order valence-corrected chi connectivity index (χ0v) is 13.9. The average Bonchev–Trinajstić information content (AvgIpc) is 2.67. The minimum atomic E-state index is -0.633. The summed E-state index contributed by atoms with van der Waals surface area (Å²) in [6.45, 7) is 0. The first-order chi connectivity index (χ1) is 12.6. The van der Waals surface area contributed by atoms with Crippen molar-refractivity contribution in [3.05, 3.63) is 81.5 Å². The summed E-state index contributed by atoms with van der Waals surface area (Å²) in [5.74, 6) is -0.0186. The third-order valence-electron chi connectivity index (χ3n) is 4.41. The molecule has 0 saturated carbocycles. The molecular weight excluding hydrogens is 332 g/mol. The predicted octanol–water partition coefficient (Wildman–Crippen LogP) is 3.02. The smallest absolute Gasteiger partial charge is 0.380 e. The van der Waals surface area contributed by atoms with Crippen LogP contribution in [0.1, 0.15) is 17.0 Å². The van der Waals surface area contributed by atoms with E-state index in [1.807, 2.05) is 30.3 Å². The normalized spacial score (nSPS) is 15.9. The number of rotatable bonds is 2. The Labute approximate surface area is 148 Å². The Morgan fingerprint density at radius 2 is 2.00 bits per heavy atom. The summed E-state index contributed by atoms with van der Waals surface area (Å²) in [4.78, 5) is 12.4. The van der Waals surface area contributed by atoms with Crippen molar-refractivity contribution >= 4 is 11.0 Å². The largest absolute Gasteiger partial charge is 0.497 e. The van der Waals surface area contributed by atoms with Gasteiger partial charge in [0, 0.05) is 10.9 Å². The van der Waals surface area contributed by atoms with Crippen LogP contribution in [0.2, 0.25) is 0 Å². The van der Waals surface area contributed by atoms with Gasteiger partial charge in [-0.15, -0.1) is 0 Å². The third-order valence-corrected chi connectivity index (χ3v) is 4.41. The monoisotopic (exact) mass is 346 g/mol. The minimum absolute atomic E-state index is 0.00743. The van der Waals surface area contributed by atoms with Crippen molar-refractivity contribution < 1.29 is 13.9 Å². The molecule has 1 unspecified atom stereocenters. The molecule has 0 bridgehead atoms. The molecule has 128 valence electrons. The summed E-state index contributed by atoms with van der Waals surface area (Å²) in [6.07, 6.45) is 0. The molecule has 3 aromatic rings. The van der Waals surface area contributed by atoms with Crippen molar-refractivity contribution in [1.82, 2.24) is 0 Å². The van der Waals surface area contributed by atoms with Crippen LogP contribution in [-0.4, -0.2) is 7.11 Å². The van der Waals surface area contributed by atoms with E-state index in [1.165, 1.54) is 0 Å². The number of nitrogens with zero attached hydrogens (tertiary/aromatic N) is 1. The van der Waals surface area contributed by atoms with Gasteiger partial charge in [0.2, 0.25) is 11.6 Å². The van der Waals surface area contributed by atoms with Gasteiger partial charge in [0.1, 0.15) is 23.0 Å². The third kappa shape index (κ3) is 2.30. The Balaban J connectivity index is 2.10. The Bertz CT molecular complexity index is 1150. The number of para-hydroxylation sites is 1. The molecule has 2 aromatic carbocycles. The molecule has 2 N–H and O–H groups in total. The fourth-order valence-electron chi connectivity index (χ4n) is 3.27. The van der Waals surface area contributed by atoms with Gasteiger partial charge in [-0.1, -0.05) is 30.3 Å². The quantitative estimate of drug-likeness (QED) is 0.716. The zero-order chi connectivity index (χ0) is 18.3. The van der Waals surface area contributed by atoms with Gasteiger partial charge in [0.15, 0.2) is 0 Å². The van der Waals surface area contributed by atoms with E-state index in [0.29, 0.717) is 22.3 Å². The highest BCUT2D eigenvalue weighted by atomic mass is 16.5. The van der Waals surface area contributed by atoms with Crippen LogP contribution in [0.25, 0.3) is 11.0 Å². The van der Waals surface area contributed by atoms with E-state index in [1.54, 1.807) is 25.3 Å². The van der Waals surface area contributed by atoms with Crippen LogP contribution >= 0.6 is 0 Å². The average molecular weight is 346 g/mol. The van der Waals surface area contributed by atoms with Gasteiger partial charge in [-0.3, -0.25) is 0 Å². The maximum atomic E-state index is 12.4. The SMILES string of the molecule is COc1cccc(C2C(C#N)=C(N)Oc3c2c2ccccc2oc3=O)c1. The molecule has 0 amide bonds. The number of allylic oxidation sites excluding steroid dienone is 1. The molecule has 4 rings (SSSR count). The molecule has 26 heavy (non-hydrogen) atoms. The molecular formula is C20H14N2O4. The van der Waals surface area contributed by atoms with Gasteiger partial charge in [-0.05, 0) is 23.8 Å². The molecule has 1 atom stereocenters.